The number of nitrogens with two attached hydrogens (primary N) is 1. The van der Waals surface area contributed by atoms with Crippen LogP contribution in [0.1, 0.15) is 12.0 Å². The van der Waals surface area contributed by atoms with Gasteiger partial charge in [0.1, 0.15) is 6.17 Å². The average molecular weight is 151 g/mol. The Bertz CT molecular complexity index is 260. The number of rotatable bonds is 1. The van der Waals surface area contributed by atoms with Crippen molar-refractivity contribution in [2.24, 2.45) is 5.73 Å². The maximum atomic E-state index is 12.7. The molecule has 1 aliphatic carbocycles. The van der Waals surface area contributed by atoms with Crippen LogP contribution in [0.25, 0.3) is 0 Å². The number of benzene rings is 1. The zero-order valence-electron chi connectivity index (χ0n) is 6.13. The maximum Gasteiger partial charge on any atom is 0.124 e. The van der Waals surface area contributed by atoms with Crippen LogP contribution in [0.2, 0.25) is 0 Å². The van der Waals surface area contributed by atoms with Gasteiger partial charge in [0.25, 0.3) is 0 Å². The summed E-state index contributed by atoms with van der Waals surface area (Å²) in [7, 11) is 0. The van der Waals surface area contributed by atoms with Gasteiger partial charge >= 0.3 is 0 Å². The van der Waals surface area contributed by atoms with Crippen LogP contribution in [0.5, 0.6) is 0 Å². The molecule has 0 unspecified atom stereocenters. The second kappa shape index (κ2) is 2.05. The van der Waals surface area contributed by atoms with E-state index in [1.807, 2.05) is 30.3 Å². The van der Waals surface area contributed by atoms with Crippen LogP contribution in [-0.2, 0) is 5.54 Å². The summed E-state index contributed by atoms with van der Waals surface area (Å²) in [5.41, 5.74) is 5.98. The van der Waals surface area contributed by atoms with Gasteiger partial charge in [-0.2, -0.15) is 0 Å². The van der Waals surface area contributed by atoms with E-state index in [1.165, 1.54) is 0 Å². The molecular weight excluding hydrogens is 141 g/mol. The fourth-order valence-corrected chi connectivity index (χ4v) is 1.28. The molecule has 11 heavy (non-hydrogen) atoms. The molecule has 2 rings (SSSR count). The molecular formula is C9H10FN. The first-order valence-electron chi connectivity index (χ1n) is 3.72. The third-order valence-electron chi connectivity index (χ3n) is 2.23. The van der Waals surface area contributed by atoms with E-state index in [4.69, 9.17) is 5.73 Å². The molecule has 0 spiro atoms. The number of halogens is 1. The van der Waals surface area contributed by atoms with Crippen molar-refractivity contribution < 1.29 is 4.39 Å². The van der Waals surface area contributed by atoms with Crippen molar-refractivity contribution in [1.29, 1.82) is 0 Å². The minimum atomic E-state index is -0.843. The van der Waals surface area contributed by atoms with E-state index < -0.39 is 11.7 Å². The lowest BCUT2D eigenvalue weighted by atomic mass is 10.1. The largest absolute Gasteiger partial charge is 0.319 e. The Kier molecular flexibility index (Phi) is 1.26. The van der Waals surface area contributed by atoms with E-state index in [9.17, 15) is 4.39 Å². The molecule has 1 saturated carbocycles. The van der Waals surface area contributed by atoms with Crippen molar-refractivity contribution in [2.45, 2.75) is 18.1 Å². The SMILES string of the molecule is N[C@]1(c2ccccc2)C[C@H]1F. The minimum Gasteiger partial charge on any atom is -0.319 e. The zero-order chi connectivity index (χ0) is 7.90. The molecule has 58 valence electrons. The summed E-state index contributed by atoms with van der Waals surface area (Å²) in [6, 6.07) is 9.42. The van der Waals surface area contributed by atoms with Crippen LogP contribution in [0.15, 0.2) is 30.3 Å². The monoisotopic (exact) mass is 151 g/mol. The Labute approximate surface area is 65.0 Å². The van der Waals surface area contributed by atoms with Crippen LogP contribution in [0, 0.1) is 0 Å². The van der Waals surface area contributed by atoms with E-state index in [0.29, 0.717) is 6.42 Å². The quantitative estimate of drug-likeness (QED) is 0.648. The van der Waals surface area contributed by atoms with E-state index in [0.717, 1.165) is 5.56 Å². The molecule has 0 aromatic heterocycles. The molecule has 2 heteroatoms. The number of alkyl halides is 1. The van der Waals surface area contributed by atoms with Gasteiger partial charge in [-0.05, 0) is 5.56 Å². The van der Waals surface area contributed by atoms with Gasteiger partial charge in [-0.3, -0.25) is 0 Å². The summed E-state index contributed by atoms with van der Waals surface area (Å²) in [6.45, 7) is 0. The van der Waals surface area contributed by atoms with E-state index in [2.05, 4.69) is 0 Å². The Morgan fingerprint density at radius 2 is 1.91 bits per heavy atom. The lowest BCUT2D eigenvalue weighted by Gasteiger charge is -2.07. The molecule has 1 aromatic rings. The van der Waals surface area contributed by atoms with Gasteiger partial charge in [-0.1, -0.05) is 30.3 Å². The molecule has 0 radical (unpaired) electrons. The van der Waals surface area contributed by atoms with Crippen molar-refractivity contribution in [3.63, 3.8) is 0 Å². The second-order valence-corrected chi connectivity index (χ2v) is 3.08. The maximum absolute atomic E-state index is 12.7. The summed E-state index contributed by atoms with van der Waals surface area (Å²) >= 11 is 0. The van der Waals surface area contributed by atoms with Crippen molar-refractivity contribution in [1.82, 2.24) is 0 Å². The number of hydrogen-bond acceptors (Lipinski definition) is 1. The topological polar surface area (TPSA) is 26.0 Å². The fourth-order valence-electron chi connectivity index (χ4n) is 1.28. The van der Waals surface area contributed by atoms with Crippen LogP contribution < -0.4 is 5.73 Å². The molecule has 0 saturated heterocycles. The Balaban J connectivity index is 2.32. The first-order chi connectivity index (χ1) is 5.23. The Morgan fingerprint density at radius 1 is 1.36 bits per heavy atom. The van der Waals surface area contributed by atoms with E-state index >= 15 is 0 Å². The first kappa shape index (κ1) is 6.80. The molecule has 0 amide bonds. The van der Waals surface area contributed by atoms with E-state index in [1.54, 1.807) is 0 Å². The standard InChI is InChI=1S/C9H10FN/c10-8-6-9(8,11)7-4-2-1-3-5-7/h1-5,8H,6,11H2/t8-,9+/m1/s1. The minimum absolute atomic E-state index is 0.469. The van der Waals surface area contributed by atoms with Crippen molar-refractivity contribution in [3.05, 3.63) is 35.9 Å². The van der Waals surface area contributed by atoms with Gasteiger partial charge in [0.2, 0.25) is 0 Å². The lowest BCUT2D eigenvalue weighted by molar-refractivity contribution is 0.425. The molecule has 1 aliphatic rings. The van der Waals surface area contributed by atoms with Gasteiger partial charge in [-0.15, -0.1) is 0 Å². The van der Waals surface area contributed by atoms with Crippen LogP contribution >= 0.6 is 0 Å². The smallest absolute Gasteiger partial charge is 0.124 e. The Hall–Kier alpha value is -0.890. The summed E-state index contributed by atoms with van der Waals surface area (Å²) in [5.74, 6) is 0. The summed E-state index contributed by atoms with van der Waals surface area (Å²) in [5, 5.41) is 0. The zero-order valence-corrected chi connectivity index (χ0v) is 6.13. The third kappa shape index (κ3) is 0.942. The highest BCUT2D eigenvalue weighted by Crippen LogP contribution is 2.45. The van der Waals surface area contributed by atoms with Gasteiger partial charge in [0.15, 0.2) is 0 Å². The fraction of sp³-hybridized carbons (Fsp3) is 0.333. The molecule has 0 heterocycles. The summed E-state index contributed by atoms with van der Waals surface area (Å²) < 4.78 is 12.7. The predicted molar refractivity (Wildman–Crippen MR) is 41.8 cm³/mol. The lowest BCUT2D eigenvalue weighted by Crippen LogP contribution is -2.22. The molecule has 1 aromatic carbocycles. The molecule has 2 N–H and O–H groups in total. The van der Waals surface area contributed by atoms with Gasteiger partial charge in [0.05, 0.1) is 5.54 Å². The van der Waals surface area contributed by atoms with Gasteiger partial charge in [0, 0.05) is 6.42 Å². The highest BCUT2D eigenvalue weighted by atomic mass is 19.1. The van der Waals surface area contributed by atoms with Crippen molar-refractivity contribution in [3.8, 4) is 0 Å². The van der Waals surface area contributed by atoms with Crippen LogP contribution in [0.4, 0.5) is 4.39 Å². The highest BCUT2D eigenvalue weighted by molar-refractivity contribution is 5.32. The average Bonchev–Trinajstić information content (AvgIpc) is 2.64. The summed E-state index contributed by atoms with van der Waals surface area (Å²) in [6.07, 6.45) is -0.373. The van der Waals surface area contributed by atoms with Crippen molar-refractivity contribution in [2.75, 3.05) is 0 Å². The second-order valence-electron chi connectivity index (χ2n) is 3.08. The summed E-state index contributed by atoms with van der Waals surface area (Å²) in [4.78, 5) is 0. The predicted octanol–water partition coefficient (Wildman–Crippen LogP) is 1.58. The normalized spacial score (nSPS) is 35.3. The molecule has 1 nitrogen and oxygen atoms in total. The van der Waals surface area contributed by atoms with Gasteiger partial charge in [-0.25, -0.2) is 4.39 Å². The molecule has 2 atom stereocenters. The first-order valence-corrected chi connectivity index (χ1v) is 3.72. The molecule has 1 fully saturated rings. The van der Waals surface area contributed by atoms with Crippen LogP contribution in [-0.4, -0.2) is 6.17 Å². The Morgan fingerprint density at radius 3 is 2.36 bits per heavy atom. The molecule has 0 aliphatic heterocycles. The van der Waals surface area contributed by atoms with E-state index in [-0.39, 0.29) is 0 Å². The third-order valence-corrected chi connectivity index (χ3v) is 2.23. The number of hydrogen-bond donors (Lipinski definition) is 1. The van der Waals surface area contributed by atoms with Crippen LogP contribution in [0.3, 0.4) is 0 Å². The highest BCUT2D eigenvalue weighted by Gasteiger charge is 2.53. The molecule has 0 bridgehead atoms. The van der Waals surface area contributed by atoms with Gasteiger partial charge < -0.3 is 5.73 Å². The van der Waals surface area contributed by atoms with Crippen molar-refractivity contribution >= 4 is 0 Å².